The zero-order chi connectivity index (χ0) is 11.8. The van der Waals surface area contributed by atoms with Crippen molar-refractivity contribution in [3.63, 3.8) is 0 Å². The fourth-order valence-corrected chi connectivity index (χ4v) is 0.759. The van der Waals surface area contributed by atoms with Crippen LogP contribution >= 0.6 is 0 Å². The number of carbonyl (C=O) groups excluding carboxylic acids is 2. The van der Waals surface area contributed by atoms with Crippen LogP contribution < -0.4 is 0 Å². The van der Waals surface area contributed by atoms with Gasteiger partial charge in [0.2, 0.25) is 0 Å². The molecule has 0 radical (unpaired) electrons. The van der Waals surface area contributed by atoms with Crippen LogP contribution in [-0.4, -0.2) is 36.2 Å². The highest BCUT2D eigenvalue weighted by Gasteiger charge is 2.20. The Morgan fingerprint density at radius 1 is 1.40 bits per heavy atom. The first kappa shape index (κ1) is 13.1. The molecule has 0 saturated carbocycles. The Labute approximate surface area is 87.1 Å². The summed E-state index contributed by atoms with van der Waals surface area (Å²) in [5.41, 5.74) is 8.31. The molecule has 0 heterocycles. The van der Waals surface area contributed by atoms with Gasteiger partial charge in [-0.3, -0.25) is 0 Å². The lowest BCUT2D eigenvalue weighted by Crippen LogP contribution is -2.18. The average Bonchev–Trinajstić information content (AvgIpc) is 2.24. The highest BCUT2D eigenvalue weighted by molar-refractivity contribution is 6.39. The van der Waals surface area contributed by atoms with Gasteiger partial charge in [0.15, 0.2) is 0 Å². The fourth-order valence-electron chi connectivity index (χ4n) is 0.759. The molecule has 0 aromatic heterocycles. The number of esters is 2. The van der Waals surface area contributed by atoms with Gasteiger partial charge in [0.05, 0.1) is 13.7 Å². The van der Waals surface area contributed by atoms with Crippen LogP contribution in [0.25, 0.3) is 5.53 Å². The summed E-state index contributed by atoms with van der Waals surface area (Å²) in [4.78, 5) is 24.8. The van der Waals surface area contributed by atoms with Crippen molar-refractivity contribution in [2.75, 3.05) is 13.7 Å². The van der Waals surface area contributed by atoms with Crippen LogP contribution in [0.15, 0.2) is 11.6 Å². The molecule has 0 atom stereocenters. The van der Waals surface area contributed by atoms with Crippen LogP contribution in [0.1, 0.15) is 13.8 Å². The Hall–Kier alpha value is -1.94. The van der Waals surface area contributed by atoms with E-state index in [2.05, 4.69) is 14.3 Å². The van der Waals surface area contributed by atoms with E-state index in [1.54, 1.807) is 6.92 Å². The molecule has 0 aliphatic rings. The number of rotatable bonds is 4. The molecule has 6 heteroatoms. The van der Waals surface area contributed by atoms with E-state index in [4.69, 9.17) is 5.53 Å². The molecule has 0 aromatic carbocycles. The smallest absolute Gasteiger partial charge is 0.421 e. The first-order valence-corrected chi connectivity index (χ1v) is 4.22. The summed E-state index contributed by atoms with van der Waals surface area (Å²) in [6.45, 7) is 3.20. The minimum absolute atomic E-state index is 0.137. The van der Waals surface area contributed by atoms with Gasteiger partial charge in [-0.1, -0.05) is 0 Å². The third-order valence-corrected chi connectivity index (χ3v) is 1.45. The Morgan fingerprint density at radius 2 is 2.00 bits per heavy atom. The maximum Gasteiger partial charge on any atom is 0.421 e. The summed E-state index contributed by atoms with van der Waals surface area (Å²) in [6.07, 6.45) is 1.09. The normalized spacial score (nSPS) is 10.2. The van der Waals surface area contributed by atoms with Crippen molar-refractivity contribution in [2.24, 2.45) is 0 Å². The van der Waals surface area contributed by atoms with E-state index in [9.17, 15) is 9.59 Å². The monoisotopic (exact) mass is 212 g/mol. The highest BCUT2D eigenvalue weighted by Crippen LogP contribution is 1.96. The van der Waals surface area contributed by atoms with Crippen molar-refractivity contribution in [2.45, 2.75) is 13.8 Å². The number of methoxy groups -OCH3 is 1. The fraction of sp³-hybridized carbons (Fsp3) is 0.444. The van der Waals surface area contributed by atoms with E-state index in [-0.39, 0.29) is 17.9 Å². The zero-order valence-corrected chi connectivity index (χ0v) is 8.81. The van der Waals surface area contributed by atoms with Crippen molar-refractivity contribution in [1.29, 1.82) is 0 Å². The molecule has 0 spiro atoms. The lowest BCUT2D eigenvalue weighted by molar-refractivity contribution is -0.139. The third kappa shape index (κ3) is 4.19. The van der Waals surface area contributed by atoms with E-state index in [0.29, 0.717) is 0 Å². The van der Waals surface area contributed by atoms with Gasteiger partial charge in [-0.25, -0.2) is 9.59 Å². The maximum absolute atomic E-state index is 11.1. The first-order chi connectivity index (χ1) is 7.06. The van der Waals surface area contributed by atoms with Crippen molar-refractivity contribution in [1.82, 2.24) is 0 Å². The molecular weight excluding hydrogens is 200 g/mol. The molecule has 82 valence electrons. The van der Waals surface area contributed by atoms with Crippen LogP contribution in [0.4, 0.5) is 0 Å². The van der Waals surface area contributed by atoms with Crippen LogP contribution in [-0.2, 0) is 19.1 Å². The quantitative estimate of drug-likeness (QED) is 0.221. The summed E-state index contributed by atoms with van der Waals surface area (Å²) in [5, 5.41) is 0. The molecule has 0 N–H and O–H groups in total. The van der Waals surface area contributed by atoms with E-state index < -0.39 is 11.9 Å². The molecule has 15 heavy (non-hydrogen) atoms. The van der Waals surface area contributed by atoms with Crippen LogP contribution in [0.2, 0.25) is 0 Å². The van der Waals surface area contributed by atoms with Crippen molar-refractivity contribution in [3.8, 4) is 0 Å². The van der Waals surface area contributed by atoms with Gasteiger partial charge in [0.1, 0.15) is 0 Å². The SMILES string of the molecule is CCOC(=O)C(/C=C(\C)C(=O)OC)=[N+]=[N-]. The highest BCUT2D eigenvalue weighted by atomic mass is 16.5. The van der Waals surface area contributed by atoms with Gasteiger partial charge in [0, 0.05) is 11.6 Å². The topological polar surface area (TPSA) is 89.0 Å². The molecule has 0 saturated heterocycles. The number of carbonyl (C=O) groups is 2. The van der Waals surface area contributed by atoms with Gasteiger partial charge in [0.25, 0.3) is 0 Å². The van der Waals surface area contributed by atoms with Gasteiger partial charge in [-0.15, -0.1) is 0 Å². The second-order valence-corrected chi connectivity index (χ2v) is 2.52. The molecule has 6 nitrogen and oxygen atoms in total. The van der Waals surface area contributed by atoms with Crippen molar-refractivity contribution < 1.29 is 23.9 Å². The second-order valence-electron chi connectivity index (χ2n) is 2.52. The van der Waals surface area contributed by atoms with E-state index in [1.807, 2.05) is 0 Å². The molecule has 0 unspecified atom stereocenters. The van der Waals surface area contributed by atoms with Gasteiger partial charge in [-0.2, -0.15) is 4.79 Å². The maximum atomic E-state index is 11.1. The van der Waals surface area contributed by atoms with E-state index >= 15 is 0 Å². The molecule has 0 aliphatic heterocycles. The standard InChI is InChI=1S/C9H12N2O4/c1-4-15-9(13)7(11-10)5-6(2)8(12)14-3/h5H,4H2,1-3H3/b6-5+. The first-order valence-electron chi connectivity index (χ1n) is 4.22. The zero-order valence-electron chi connectivity index (χ0n) is 8.81. The molecule has 0 fully saturated rings. The second kappa shape index (κ2) is 6.50. The predicted molar refractivity (Wildman–Crippen MR) is 51.0 cm³/mol. The molecular formula is C9H12N2O4. The summed E-state index contributed by atoms with van der Waals surface area (Å²) >= 11 is 0. The lowest BCUT2D eigenvalue weighted by atomic mass is 10.2. The summed E-state index contributed by atoms with van der Waals surface area (Å²) < 4.78 is 8.98. The Morgan fingerprint density at radius 3 is 2.40 bits per heavy atom. The molecule has 0 rings (SSSR count). The van der Waals surface area contributed by atoms with Gasteiger partial charge >= 0.3 is 17.7 Å². The number of nitrogens with zero attached hydrogens (tertiary/aromatic N) is 2. The number of hydrogen-bond donors (Lipinski definition) is 0. The van der Waals surface area contributed by atoms with Crippen LogP contribution in [0.5, 0.6) is 0 Å². The molecule has 0 bridgehead atoms. The lowest BCUT2D eigenvalue weighted by Gasteiger charge is -1.97. The largest absolute Gasteiger partial charge is 0.466 e. The van der Waals surface area contributed by atoms with Gasteiger partial charge < -0.3 is 15.0 Å². The summed E-state index contributed by atoms with van der Waals surface area (Å²) in [7, 11) is 1.21. The predicted octanol–water partition coefficient (Wildman–Crippen LogP) is 0.340. The molecule has 0 aromatic rings. The van der Waals surface area contributed by atoms with E-state index in [1.165, 1.54) is 14.0 Å². The van der Waals surface area contributed by atoms with Crippen LogP contribution in [0.3, 0.4) is 0 Å². The average molecular weight is 212 g/mol. The molecule has 0 aliphatic carbocycles. The summed E-state index contributed by atoms with van der Waals surface area (Å²) in [5.74, 6) is -1.41. The Balaban J connectivity index is 4.81. The van der Waals surface area contributed by atoms with Crippen molar-refractivity contribution >= 4 is 17.7 Å². The minimum atomic E-state index is -0.803. The van der Waals surface area contributed by atoms with Crippen LogP contribution in [0, 0.1) is 0 Å². The van der Waals surface area contributed by atoms with Gasteiger partial charge in [-0.05, 0) is 13.8 Å². The Bertz CT molecular complexity index is 340. The number of ether oxygens (including phenoxy) is 2. The number of hydrogen-bond acceptors (Lipinski definition) is 4. The minimum Gasteiger partial charge on any atom is -0.466 e. The third-order valence-electron chi connectivity index (χ3n) is 1.45. The summed E-state index contributed by atoms with van der Waals surface area (Å²) in [6, 6.07) is 0. The van der Waals surface area contributed by atoms with E-state index in [0.717, 1.165) is 6.08 Å². The van der Waals surface area contributed by atoms with Crippen molar-refractivity contribution in [3.05, 3.63) is 17.2 Å². The Kier molecular flexibility index (Phi) is 5.66. The molecule has 0 amide bonds.